The van der Waals surface area contributed by atoms with E-state index in [0.717, 1.165) is 0 Å². The van der Waals surface area contributed by atoms with Gasteiger partial charge in [-0.1, -0.05) is 18.7 Å². The van der Waals surface area contributed by atoms with Crippen LogP contribution in [0.25, 0.3) is 5.57 Å². The average Bonchev–Trinajstić information content (AvgIpc) is 3.25. The lowest BCUT2D eigenvalue weighted by Crippen LogP contribution is -2.50. The second-order valence-electron chi connectivity index (χ2n) is 8.46. The van der Waals surface area contributed by atoms with E-state index in [1.54, 1.807) is 42.4 Å². The van der Waals surface area contributed by atoms with Crippen LogP contribution in [0.3, 0.4) is 0 Å². The van der Waals surface area contributed by atoms with E-state index < -0.39 is 24.0 Å². The number of aromatic nitrogens is 3. The number of hydrogen-bond acceptors (Lipinski definition) is 8. The van der Waals surface area contributed by atoms with E-state index in [0.29, 0.717) is 31.0 Å². The predicted octanol–water partition coefficient (Wildman–Crippen LogP) is 1.11. The Labute approximate surface area is 208 Å². The summed E-state index contributed by atoms with van der Waals surface area (Å²) >= 11 is 0. The van der Waals surface area contributed by atoms with Gasteiger partial charge in [-0.3, -0.25) is 14.3 Å². The van der Waals surface area contributed by atoms with Crippen molar-refractivity contribution in [2.75, 3.05) is 51.8 Å². The second-order valence-corrected chi connectivity index (χ2v) is 8.46. The second kappa shape index (κ2) is 11.0. The minimum atomic E-state index is -0.483. The number of anilines is 1. The molecule has 1 atom stereocenters. The molecule has 12 heteroatoms. The number of fused-ring (bicyclic) bond motifs is 5. The third-order valence-corrected chi connectivity index (χ3v) is 5.71. The van der Waals surface area contributed by atoms with Gasteiger partial charge in [-0.05, 0) is 12.1 Å². The summed E-state index contributed by atoms with van der Waals surface area (Å²) in [5.74, 6) is -0.964. The predicted molar refractivity (Wildman–Crippen MR) is 131 cm³/mol. The Hall–Kier alpha value is -4.19. The van der Waals surface area contributed by atoms with Crippen LogP contribution in [-0.4, -0.2) is 95.0 Å². The van der Waals surface area contributed by atoms with Gasteiger partial charge in [0.15, 0.2) is 5.69 Å². The van der Waals surface area contributed by atoms with Gasteiger partial charge in [0.05, 0.1) is 37.2 Å². The molecule has 4 heterocycles. The molecule has 2 aromatic rings. The van der Waals surface area contributed by atoms with E-state index in [-0.39, 0.29) is 36.8 Å². The molecule has 0 aromatic carbocycles. The molecular weight excluding hydrogens is 466 g/mol. The molecule has 2 aliphatic heterocycles. The molecule has 4 rings (SSSR count). The Morgan fingerprint density at radius 2 is 1.92 bits per heavy atom. The number of morpholine rings is 1. The van der Waals surface area contributed by atoms with E-state index in [4.69, 9.17) is 9.47 Å². The Morgan fingerprint density at radius 3 is 2.72 bits per heavy atom. The minimum absolute atomic E-state index is 0.0526. The van der Waals surface area contributed by atoms with Crippen molar-refractivity contribution in [3.8, 4) is 0 Å². The van der Waals surface area contributed by atoms with Crippen molar-refractivity contribution in [3.05, 3.63) is 60.3 Å². The number of nitrogens with one attached hydrogen (secondary N) is 2. The molecule has 2 N–H and O–H groups in total. The highest BCUT2D eigenvalue weighted by Crippen LogP contribution is 2.18. The van der Waals surface area contributed by atoms with E-state index in [1.807, 2.05) is 18.1 Å². The third kappa shape index (κ3) is 5.89. The summed E-state index contributed by atoms with van der Waals surface area (Å²) in [6, 6.07) is 5.06. The van der Waals surface area contributed by atoms with Crippen molar-refractivity contribution in [2.24, 2.45) is 7.05 Å². The smallest absolute Gasteiger partial charge is 0.409 e. The number of carbonyl (C=O) groups is 3. The lowest BCUT2D eigenvalue weighted by Gasteiger charge is -2.32. The van der Waals surface area contributed by atoms with Gasteiger partial charge in [0.25, 0.3) is 11.8 Å². The Bertz CT molecular complexity index is 1190. The van der Waals surface area contributed by atoms with E-state index in [9.17, 15) is 14.4 Å². The third-order valence-electron chi connectivity index (χ3n) is 5.71. The molecule has 4 bridgehead atoms. The lowest BCUT2D eigenvalue weighted by atomic mass is 10.1. The van der Waals surface area contributed by atoms with Gasteiger partial charge in [0, 0.05) is 45.2 Å². The molecule has 36 heavy (non-hydrogen) atoms. The van der Waals surface area contributed by atoms with Crippen LogP contribution in [0.2, 0.25) is 0 Å². The summed E-state index contributed by atoms with van der Waals surface area (Å²) in [4.78, 5) is 46.3. The summed E-state index contributed by atoms with van der Waals surface area (Å²) in [6.45, 7) is 5.64. The van der Waals surface area contributed by atoms with E-state index >= 15 is 0 Å². The van der Waals surface area contributed by atoms with Gasteiger partial charge in [-0.25, -0.2) is 9.78 Å². The molecule has 0 spiro atoms. The number of ether oxygens (including phenoxy) is 2. The molecule has 1 saturated heterocycles. The van der Waals surface area contributed by atoms with Crippen LogP contribution >= 0.6 is 0 Å². The Morgan fingerprint density at radius 1 is 1.11 bits per heavy atom. The van der Waals surface area contributed by atoms with Crippen LogP contribution in [-0.2, 0) is 16.5 Å². The Balaban J connectivity index is 1.64. The average molecular weight is 496 g/mol. The van der Waals surface area contributed by atoms with Gasteiger partial charge in [0.1, 0.15) is 12.3 Å². The van der Waals surface area contributed by atoms with Crippen LogP contribution in [0.4, 0.5) is 10.5 Å². The summed E-state index contributed by atoms with van der Waals surface area (Å²) in [5.41, 5.74) is 1.69. The topological polar surface area (TPSA) is 131 Å². The zero-order valence-corrected chi connectivity index (χ0v) is 20.3. The maximum absolute atomic E-state index is 13.0. The molecular formula is C24H29N7O5. The van der Waals surface area contributed by atoms with Gasteiger partial charge < -0.3 is 29.9 Å². The minimum Gasteiger partial charge on any atom is -0.448 e. The molecule has 0 radical (unpaired) electrons. The van der Waals surface area contributed by atoms with Gasteiger partial charge in [-0.2, -0.15) is 5.10 Å². The molecule has 190 valence electrons. The molecule has 2 aromatic heterocycles. The number of rotatable bonds is 1. The maximum Gasteiger partial charge on any atom is 0.409 e. The molecule has 12 nitrogen and oxygen atoms in total. The standard InChI is InChI=1S/C24H29N7O5/c1-4-16-13-29(2)8-10-36-24(34)31-9-11-35-17(14-31)12-25-23(33)21-20(15-30(3)28-21)27-22(32)19-7-5-6-18(16)26-19/h4-7,13,15,17H,1,8-12,14H2,2-3H3,(H,25,33)(H,27,32)/b16-13+. The maximum atomic E-state index is 13.0. The first-order valence-electron chi connectivity index (χ1n) is 11.5. The van der Waals surface area contributed by atoms with E-state index in [1.165, 1.54) is 4.68 Å². The van der Waals surface area contributed by atoms with Crippen LogP contribution in [0, 0.1) is 0 Å². The number of amides is 3. The van der Waals surface area contributed by atoms with Gasteiger partial charge >= 0.3 is 6.09 Å². The van der Waals surface area contributed by atoms with Crippen molar-refractivity contribution in [1.82, 2.24) is 29.9 Å². The summed E-state index contributed by atoms with van der Waals surface area (Å²) in [6.07, 6.45) is 4.15. The zero-order chi connectivity index (χ0) is 25.7. The Kier molecular flexibility index (Phi) is 7.64. The summed E-state index contributed by atoms with van der Waals surface area (Å²) < 4.78 is 12.6. The van der Waals surface area contributed by atoms with Crippen LogP contribution in [0.5, 0.6) is 0 Å². The van der Waals surface area contributed by atoms with Crippen molar-refractivity contribution in [3.63, 3.8) is 0 Å². The first-order valence-corrected chi connectivity index (χ1v) is 11.5. The highest BCUT2D eigenvalue weighted by Gasteiger charge is 2.27. The molecule has 1 fully saturated rings. The van der Waals surface area contributed by atoms with Crippen molar-refractivity contribution >= 4 is 29.2 Å². The number of nitrogens with zero attached hydrogens (tertiary/aromatic N) is 5. The number of hydrogen-bond donors (Lipinski definition) is 2. The van der Waals surface area contributed by atoms with E-state index in [2.05, 4.69) is 27.3 Å². The molecule has 2 aliphatic rings. The number of likely N-dealkylation sites (N-methyl/N-ethyl adjacent to an activating group) is 1. The van der Waals surface area contributed by atoms with Crippen molar-refractivity contribution in [2.45, 2.75) is 6.10 Å². The normalized spacial score (nSPS) is 21.3. The van der Waals surface area contributed by atoms with Gasteiger partial charge in [0.2, 0.25) is 0 Å². The van der Waals surface area contributed by atoms with Crippen LogP contribution in [0.1, 0.15) is 26.7 Å². The molecule has 0 aliphatic carbocycles. The number of pyridine rings is 1. The molecule has 0 saturated carbocycles. The van der Waals surface area contributed by atoms with Crippen molar-refractivity contribution in [1.29, 1.82) is 0 Å². The monoisotopic (exact) mass is 495 g/mol. The largest absolute Gasteiger partial charge is 0.448 e. The number of allylic oxidation sites excluding steroid dienone is 2. The number of cyclic esters (lactones) is 1. The highest BCUT2D eigenvalue weighted by atomic mass is 16.6. The quantitative estimate of drug-likeness (QED) is 0.602. The SMILES string of the molecule is C=C/C1=C\N(C)CCOC(=O)N2CCOC(CNC(=O)c3nn(C)cc3NC(=O)c3cccc1n3)C2. The van der Waals surface area contributed by atoms with Crippen molar-refractivity contribution < 1.29 is 23.9 Å². The number of aryl methyl sites for hydroxylation is 1. The fourth-order valence-electron chi connectivity index (χ4n) is 3.85. The molecule has 3 amide bonds. The summed E-state index contributed by atoms with van der Waals surface area (Å²) in [5, 5.41) is 9.70. The summed E-state index contributed by atoms with van der Waals surface area (Å²) in [7, 11) is 3.50. The zero-order valence-electron chi connectivity index (χ0n) is 20.3. The lowest BCUT2D eigenvalue weighted by molar-refractivity contribution is -0.0256. The fraction of sp³-hybridized carbons (Fsp3) is 0.375. The molecule has 1 unspecified atom stereocenters. The fourth-order valence-corrected chi connectivity index (χ4v) is 3.85. The van der Waals surface area contributed by atoms with Gasteiger partial charge in [-0.15, -0.1) is 0 Å². The number of carbonyl (C=O) groups excluding carboxylic acids is 3. The highest BCUT2D eigenvalue weighted by molar-refractivity contribution is 6.07. The first-order chi connectivity index (χ1) is 17.3. The van der Waals surface area contributed by atoms with Crippen LogP contribution in [0.15, 0.2) is 43.3 Å². The first kappa shape index (κ1) is 24.9. The van der Waals surface area contributed by atoms with Crippen LogP contribution < -0.4 is 10.6 Å².